The number of carbonyl (C=O) groups excluding carboxylic acids is 4. The van der Waals surface area contributed by atoms with Crippen molar-refractivity contribution >= 4 is 41.5 Å². The van der Waals surface area contributed by atoms with Gasteiger partial charge in [0.15, 0.2) is 0 Å². The quantitative estimate of drug-likeness (QED) is 0.123. The van der Waals surface area contributed by atoms with Gasteiger partial charge in [0.25, 0.3) is 11.8 Å². The number of imide groups is 2. The third-order valence-corrected chi connectivity index (χ3v) is 14.0. The Kier molecular flexibility index (Phi) is 14.9. The first-order valence-electron chi connectivity index (χ1n) is 16.0. The van der Waals surface area contributed by atoms with Crippen molar-refractivity contribution in [3.05, 3.63) is 0 Å². The van der Waals surface area contributed by atoms with E-state index in [1.807, 2.05) is 41.5 Å². The molecule has 0 aromatic heterocycles. The van der Waals surface area contributed by atoms with Gasteiger partial charge in [-0.05, 0) is 81.1 Å². The summed E-state index contributed by atoms with van der Waals surface area (Å²) in [5.74, 6) is -0.749. The van der Waals surface area contributed by atoms with Gasteiger partial charge >= 0.3 is 29.7 Å². The second kappa shape index (κ2) is 17.1. The molecule has 0 spiro atoms. The van der Waals surface area contributed by atoms with E-state index in [2.05, 4.69) is 10.6 Å². The normalized spacial score (nSPS) is 22.7. The summed E-state index contributed by atoms with van der Waals surface area (Å²) < 4.78 is 35.3. The zero-order chi connectivity index (χ0) is 33.0. The summed E-state index contributed by atoms with van der Waals surface area (Å²) in [6, 6.07) is -0.0524. The van der Waals surface area contributed by atoms with E-state index in [0.29, 0.717) is 64.6 Å². The lowest BCUT2D eigenvalue weighted by molar-refractivity contribution is -0.133. The summed E-state index contributed by atoms with van der Waals surface area (Å²) in [5.41, 5.74) is -2.44. The van der Waals surface area contributed by atoms with Crippen molar-refractivity contribution in [2.24, 2.45) is 0 Å². The van der Waals surface area contributed by atoms with Crippen LogP contribution >= 0.6 is 0 Å². The summed E-state index contributed by atoms with van der Waals surface area (Å²) in [6.45, 7) is 17.5. The molecule has 2 unspecified atom stereocenters. The fraction of sp³-hybridized carbons (Fsp3) is 0.857. The fourth-order valence-electron chi connectivity index (χ4n) is 5.65. The Morgan fingerprint density at radius 3 is 1.07 bits per heavy atom. The SMILES string of the molecule is CCO[Si](CCCN1C(=O)NC(C)(CCC2(C)NC(=O)N(CCC[Si](OCC)(OCC)OCC)C2=O)C1=O)(OCC)OCC. The number of amides is 6. The molecule has 0 radical (unpaired) electrons. The minimum absolute atomic E-state index is 0.162. The van der Waals surface area contributed by atoms with E-state index in [-0.39, 0.29) is 37.7 Å². The van der Waals surface area contributed by atoms with Crippen molar-refractivity contribution in [3.63, 3.8) is 0 Å². The van der Waals surface area contributed by atoms with Gasteiger partial charge in [0.05, 0.1) is 0 Å². The molecule has 2 aliphatic rings. The first-order chi connectivity index (χ1) is 20.8. The monoisotopic (exact) mass is 662 g/mol. The molecule has 44 heavy (non-hydrogen) atoms. The summed E-state index contributed by atoms with van der Waals surface area (Å²) in [4.78, 5) is 55.0. The predicted octanol–water partition coefficient (Wildman–Crippen LogP) is 3.26. The number of hydrogen-bond acceptors (Lipinski definition) is 10. The van der Waals surface area contributed by atoms with E-state index < -0.39 is 40.7 Å². The third-order valence-electron chi connectivity index (χ3n) is 7.73. The maximum Gasteiger partial charge on any atom is 0.500 e. The summed E-state index contributed by atoms with van der Waals surface area (Å²) in [6.07, 6.45) is 1.25. The van der Waals surface area contributed by atoms with Crippen molar-refractivity contribution < 1.29 is 45.7 Å². The van der Waals surface area contributed by atoms with Gasteiger partial charge in [-0.15, -0.1) is 0 Å². The van der Waals surface area contributed by atoms with E-state index in [1.165, 1.54) is 9.80 Å². The predicted molar refractivity (Wildman–Crippen MR) is 167 cm³/mol. The van der Waals surface area contributed by atoms with E-state index in [4.69, 9.17) is 26.6 Å². The average Bonchev–Trinajstić information content (AvgIpc) is 3.31. The molecule has 2 heterocycles. The molecule has 14 nitrogen and oxygen atoms in total. The number of carbonyl (C=O) groups is 4. The standard InChI is InChI=1S/C28H54N4O10Si2/c1-9-37-43(38-10-2,39-11-3)21-15-19-31-23(33)27(7,29-25(31)35)17-18-28(8)24(34)32(26(36)30-28)20-16-22-44(40-12-4,41-13-5)42-14-6/h9-22H2,1-8H3,(H,29,35)(H,30,36). The Hall–Kier alpha value is -1.93. The Morgan fingerprint density at radius 1 is 0.545 bits per heavy atom. The number of nitrogens with zero attached hydrogens (tertiary/aromatic N) is 2. The summed E-state index contributed by atoms with van der Waals surface area (Å²) in [5, 5.41) is 5.60. The maximum absolute atomic E-state index is 13.4. The van der Waals surface area contributed by atoms with E-state index in [1.54, 1.807) is 13.8 Å². The van der Waals surface area contributed by atoms with E-state index >= 15 is 0 Å². The van der Waals surface area contributed by atoms with Crippen molar-refractivity contribution in [1.29, 1.82) is 0 Å². The average molecular weight is 663 g/mol. The lowest BCUT2D eigenvalue weighted by atomic mass is 9.87. The van der Waals surface area contributed by atoms with Crippen LogP contribution in [-0.4, -0.2) is 115 Å². The number of hydrogen-bond donors (Lipinski definition) is 2. The van der Waals surface area contributed by atoms with Crippen LogP contribution < -0.4 is 10.6 Å². The van der Waals surface area contributed by atoms with Gasteiger partial charge in [0, 0.05) is 64.8 Å². The lowest BCUT2D eigenvalue weighted by Crippen LogP contribution is -2.50. The fourth-order valence-corrected chi connectivity index (χ4v) is 10.8. The van der Waals surface area contributed by atoms with E-state index in [0.717, 1.165) is 0 Å². The van der Waals surface area contributed by atoms with Crippen LogP contribution in [-0.2, 0) is 36.1 Å². The van der Waals surface area contributed by atoms with Crippen molar-refractivity contribution in [3.8, 4) is 0 Å². The Labute approximate surface area is 264 Å². The summed E-state index contributed by atoms with van der Waals surface area (Å²) in [7, 11) is -5.83. The van der Waals surface area contributed by atoms with Crippen LogP contribution in [0, 0.1) is 0 Å². The first kappa shape index (κ1) is 38.3. The second-order valence-electron chi connectivity index (χ2n) is 11.1. The number of urea groups is 2. The van der Waals surface area contributed by atoms with Crippen LogP contribution in [0.2, 0.25) is 12.1 Å². The highest BCUT2D eigenvalue weighted by molar-refractivity contribution is 6.61. The lowest BCUT2D eigenvalue weighted by Gasteiger charge is -2.29. The van der Waals surface area contributed by atoms with Gasteiger partial charge in [-0.1, -0.05) is 0 Å². The van der Waals surface area contributed by atoms with Gasteiger partial charge in [-0.3, -0.25) is 19.4 Å². The molecule has 2 fully saturated rings. The molecule has 16 heteroatoms. The van der Waals surface area contributed by atoms with E-state index in [9.17, 15) is 19.2 Å². The zero-order valence-electron chi connectivity index (χ0n) is 27.9. The molecule has 254 valence electrons. The highest BCUT2D eigenvalue weighted by Crippen LogP contribution is 2.31. The molecule has 2 atom stereocenters. The molecule has 2 rings (SSSR count). The van der Waals surface area contributed by atoms with Gasteiger partial charge < -0.3 is 37.2 Å². The number of rotatable bonds is 23. The van der Waals surface area contributed by atoms with Gasteiger partial charge in [-0.2, -0.15) is 0 Å². The molecule has 0 aromatic rings. The van der Waals surface area contributed by atoms with Gasteiger partial charge in [-0.25, -0.2) is 9.59 Å². The van der Waals surface area contributed by atoms with Crippen LogP contribution in [0.25, 0.3) is 0 Å². The van der Waals surface area contributed by atoms with Crippen LogP contribution in [0.1, 0.15) is 81.1 Å². The first-order valence-corrected chi connectivity index (χ1v) is 19.8. The van der Waals surface area contributed by atoms with Crippen LogP contribution in [0.15, 0.2) is 0 Å². The third kappa shape index (κ3) is 9.31. The van der Waals surface area contributed by atoms with Crippen LogP contribution in [0.5, 0.6) is 0 Å². The molecular formula is C28H54N4O10Si2. The maximum atomic E-state index is 13.4. The Bertz CT molecular complexity index is 882. The van der Waals surface area contributed by atoms with Crippen molar-refractivity contribution in [1.82, 2.24) is 20.4 Å². The molecular weight excluding hydrogens is 608 g/mol. The van der Waals surface area contributed by atoms with Gasteiger partial charge in [0.2, 0.25) is 0 Å². The largest absolute Gasteiger partial charge is 0.500 e. The van der Waals surface area contributed by atoms with Gasteiger partial charge in [0.1, 0.15) is 11.1 Å². The minimum Gasteiger partial charge on any atom is -0.374 e. The highest BCUT2D eigenvalue weighted by Gasteiger charge is 2.53. The zero-order valence-corrected chi connectivity index (χ0v) is 29.9. The summed E-state index contributed by atoms with van der Waals surface area (Å²) >= 11 is 0. The number of nitrogens with one attached hydrogen (secondary N) is 2. The minimum atomic E-state index is -2.92. The molecule has 2 N–H and O–H groups in total. The van der Waals surface area contributed by atoms with Crippen LogP contribution in [0.3, 0.4) is 0 Å². The molecule has 6 amide bonds. The second-order valence-corrected chi connectivity index (χ2v) is 16.6. The molecule has 0 aromatic carbocycles. The Morgan fingerprint density at radius 2 is 0.818 bits per heavy atom. The molecule has 0 aliphatic carbocycles. The van der Waals surface area contributed by atoms with Crippen molar-refractivity contribution in [2.75, 3.05) is 52.7 Å². The molecule has 0 bridgehead atoms. The smallest absolute Gasteiger partial charge is 0.374 e. The highest BCUT2D eigenvalue weighted by atomic mass is 28.4. The molecule has 0 saturated carbocycles. The van der Waals surface area contributed by atoms with Crippen molar-refractivity contribution in [2.45, 2.75) is 104 Å². The Balaban J connectivity index is 2.00. The topological polar surface area (TPSA) is 154 Å². The molecule has 2 aliphatic heterocycles. The molecule has 2 saturated heterocycles. The van der Waals surface area contributed by atoms with Crippen LogP contribution in [0.4, 0.5) is 9.59 Å².